The summed E-state index contributed by atoms with van der Waals surface area (Å²) in [5.74, 6) is -2.15. The number of benzene rings is 1. The molecule has 0 bridgehead atoms. The first-order chi connectivity index (χ1) is 19.9. The Hall–Kier alpha value is -2.38. The number of hydrogen-bond donors (Lipinski definition) is 3. The second-order valence-corrected chi connectivity index (χ2v) is 13.0. The van der Waals surface area contributed by atoms with Gasteiger partial charge in [-0.25, -0.2) is 8.78 Å². The number of rotatable bonds is 7. The van der Waals surface area contributed by atoms with E-state index >= 15 is 0 Å². The van der Waals surface area contributed by atoms with Crippen LogP contribution in [-0.2, 0) is 6.54 Å². The van der Waals surface area contributed by atoms with Gasteiger partial charge in [-0.15, -0.1) is 0 Å². The van der Waals surface area contributed by atoms with Crippen LogP contribution in [0, 0.1) is 11.6 Å². The van der Waals surface area contributed by atoms with Crippen LogP contribution in [0.5, 0.6) is 5.06 Å². The molecule has 12 heteroatoms. The molecule has 2 fully saturated rings. The molecule has 0 unspecified atom stereocenters. The minimum absolute atomic E-state index is 0.171. The number of aliphatic hydroxyl groups excluding tert-OH is 1. The Bertz CT molecular complexity index is 1390. The zero-order valence-corrected chi connectivity index (χ0v) is 25.0. The number of hydrogen-bond acceptors (Lipinski definition) is 7. The summed E-state index contributed by atoms with van der Waals surface area (Å²) in [6.07, 6.45) is 5.85. The molecule has 3 atom stereocenters. The summed E-state index contributed by atoms with van der Waals surface area (Å²) >= 11 is 4.86. The van der Waals surface area contributed by atoms with Crippen molar-refractivity contribution in [2.45, 2.75) is 62.8 Å². The Labute approximate surface area is 250 Å². The van der Waals surface area contributed by atoms with E-state index in [-0.39, 0.29) is 30.0 Å². The summed E-state index contributed by atoms with van der Waals surface area (Å²) in [4.78, 5) is 16.4. The molecule has 220 valence electrons. The van der Waals surface area contributed by atoms with Crippen LogP contribution in [0.4, 0.5) is 8.78 Å². The maximum absolute atomic E-state index is 14.3. The Morgan fingerprint density at radius 2 is 2.05 bits per heavy atom. The summed E-state index contributed by atoms with van der Waals surface area (Å²) in [5, 5.41) is 21.6. The topological polar surface area (TPSA) is 91.7 Å². The lowest BCUT2D eigenvalue weighted by Gasteiger charge is -2.38. The van der Waals surface area contributed by atoms with Gasteiger partial charge in [0, 0.05) is 37.6 Å². The van der Waals surface area contributed by atoms with Gasteiger partial charge in [0.15, 0.2) is 16.7 Å². The number of fused-ring (bicyclic) bond motifs is 3. The number of carbonyl (C=O) groups excluding carboxylic acids is 1. The average Bonchev–Trinajstić information content (AvgIpc) is 3.50. The highest BCUT2D eigenvalue weighted by Crippen LogP contribution is 2.43. The van der Waals surface area contributed by atoms with E-state index in [1.54, 1.807) is 12.3 Å². The maximum Gasteiger partial charge on any atom is 0.261 e. The largest absolute Gasteiger partial charge is 0.481 e. The van der Waals surface area contributed by atoms with Crippen molar-refractivity contribution in [1.82, 2.24) is 25.3 Å². The fourth-order valence-corrected chi connectivity index (χ4v) is 7.65. The highest BCUT2D eigenvalue weighted by Gasteiger charge is 2.34. The third-order valence-electron chi connectivity index (χ3n) is 8.43. The molecule has 41 heavy (non-hydrogen) atoms. The molecule has 3 aromatic rings. The minimum atomic E-state index is -0.878. The van der Waals surface area contributed by atoms with Crippen LogP contribution in [0.2, 0.25) is 0 Å². The molecule has 0 saturated carbocycles. The number of aliphatic hydroxyl groups is 1. The Balaban J connectivity index is 1.15. The highest BCUT2D eigenvalue weighted by atomic mass is 79.9. The first-order valence-corrected chi connectivity index (χ1v) is 15.8. The highest BCUT2D eigenvalue weighted by molar-refractivity contribution is 9.10. The molecule has 6 rings (SSSR count). The maximum atomic E-state index is 14.3. The fraction of sp³-hybridized carbons (Fsp3) is 0.517. The number of amides is 1. The van der Waals surface area contributed by atoms with Crippen molar-refractivity contribution in [1.29, 1.82) is 0 Å². The zero-order valence-electron chi connectivity index (χ0n) is 22.6. The number of carbonyl (C=O) groups is 1. The Kier molecular flexibility index (Phi) is 8.73. The van der Waals surface area contributed by atoms with Gasteiger partial charge in [-0.05, 0) is 78.3 Å². The molecular weight excluding hydrogens is 616 g/mol. The van der Waals surface area contributed by atoms with Crippen molar-refractivity contribution in [3.05, 3.63) is 57.0 Å². The third-order valence-corrected chi connectivity index (χ3v) is 10.1. The van der Waals surface area contributed by atoms with Gasteiger partial charge in [-0.3, -0.25) is 9.48 Å². The first-order valence-electron chi connectivity index (χ1n) is 14.2. The van der Waals surface area contributed by atoms with Crippen molar-refractivity contribution in [3.63, 3.8) is 0 Å². The molecule has 3 aliphatic rings. The van der Waals surface area contributed by atoms with E-state index in [1.165, 1.54) is 23.5 Å². The monoisotopic (exact) mass is 649 g/mol. The van der Waals surface area contributed by atoms with Crippen molar-refractivity contribution in [2.75, 3.05) is 32.8 Å². The summed E-state index contributed by atoms with van der Waals surface area (Å²) in [7, 11) is 0. The SMILES string of the molecule is O=C(N[C@@H]1CN[C@H](CCCN2CCC(O)CC2)C[C@H]1c1ccc(F)c(F)c1)c1cc2c(s1)OCCn1ncc(Br)c1-2. The Morgan fingerprint density at radius 3 is 2.85 bits per heavy atom. The molecule has 3 aliphatic heterocycles. The molecule has 1 amide bonds. The lowest BCUT2D eigenvalue weighted by Crippen LogP contribution is -2.53. The van der Waals surface area contributed by atoms with Gasteiger partial charge >= 0.3 is 0 Å². The summed E-state index contributed by atoms with van der Waals surface area (Å²) in [6.45, 7) is 4.41. The third kappa shape index (κ3) is 6.36. The predicted octanol–water partition coefficient (Wildman–Crippen LogP) is 4.53. The quantitative estimate of drug-likeness (QED) is 0.349. The summed E-state index contributed by atoms with van der Waals surface area (Å²) in [6, 6.07) is 5.79. The van der Waals surface area contributed by atoms with Crippen LogP contribution in [0.1, 0.15) is 53.3 Å². The molecule has 0 spiro atoms. The van der Waals surface area contributed by atoms with Crippen LogP contribution >= 0.6 is 27.3 Å². The van der Waals surface area contributed by atoms with Crippen molar-refractivity contribution in [3.8, 4) is 16.3 Å². The standard InChI is InChI=1S/C29H34BrF2N5O3S/c30-22-15-34-37-10-11-40-29-21(27(22)37)14-26(41-29)28(39)35-25-16-33-18(2-1-7-36-8-5-19(38)6-9-36)13-20(25)17-3-4-23(31)24(32)12-17/h3-4,12,14-15,18-20,25,33,38H,1-2,5-11,13,16H2,(H,35,39)/t18-,20+,25-/m1/s1. The van der Waals surface area contributed by atoms with Crippen LogP contribution < -0.4 is 15.4 Å². The van der Waals surface area contributed by atoms with Gasteiger partial charge in [-0.1, -0.05) is 17.4 Å². The lowest BCUT2D eigenvalue weighted by atomic mass is 9.81. The molecule has 0 radical (unpaired) electrons. The fourth-order valence-electron chi connectivity index (χ4n) is 6.20. The van der Waals surface area contributed by atoms with Crippen LogP contribution in [0.3, 0.4) is 0 Å². The number of nitrogens with zero attached hydrogens (tertiary/aromatic N) is 3. The van der Waals surface area contributed by atoms with Gasteiger partial charge in [0.1, 0.15) is 6.61 Å². The van der Waals surface area contributed by atoms with Gasteiger partial charge in [0.2, 0.25) is 0 Å². The van der Waals surface area contributed by atoms with E-state index in [4.69, 9.17) is 4.74 Å². The molecule has 0 aliphatic carbocycles. The van der Waals surface area contributed by atoms with E-state index in [2.05, 4.69) is 36.6 Å². The van der Waals surface area contributed by atoms with Crippen LogP contribution in [0.15, 0.2) is 34.9 Å². The number of nitrogens with one attached hydrogen (secondary N) is 2. The molecule has 2 aromatic heterocycles. The number of halogens is 3. The van der Waals surface area contributed by atoms with E-state index in [9.17, 15) is 18.7 Å². The predicted molar refractivity (Wildman–Crippen MR) is 156 cm³/mol. The number of thiophene rings is 1. The number of aromatic nitrogens is 2. The smallest absolute Gasteiger partial charge is 0.261 e. The van der Waals surface area contributed by atoms with Crippen LogP contribution in [-0.4, -0.2) is 76.7 Å². The second-order valence-electron chi connectivity index (χ2n) is 11.1. The van der Waals surface area contributed by atoms with Crippen molar-refractivity contribution < 1.29 is 23.4 Å². The van der Waals surface area contributed by atoms with Gasteiger partial charge in [0.25, 0.3) is 5.91 Å². The summed E-state index contributed by atoms with van der Waals surface area (Å²) in [5.41, 5.74) is 2.39. The lowest BCUT2D eigenvalue weighted by molar-refractivity contribution is 0.0810. The number of piperidine rings is 2. The molecule has 8 nitrogen and oxygen atoms in total. The second kappa shape index (κ2) is 12.5. The number of likely N-dealkylation sites (tertiary alicyclic amines) is 1. The minimum Gasteiger partial charge on any atom is -0.481 e. The molecular formula is C29H34BrF2N5O3S. The van der Waals surface area contributed by atoms with E-state index < -0.39 is 11.6 Å². The average molecular weight is 651 g/mol. The molecule has 1 aromatic carbocycles. The molecule has 5 heterocycles. The Morgan fingerprint density at radius 1 is 1.22 bits per heavy atom. The van der Waals surface area contributed by atoms with E-state index in [1.807, 2.05) is 10.7 Å². The number of ether oxygens (including phenoxy) is 1. The van der Waals surface area contributed by atoms with Gasteiger partial charge in [-0.2, -0.15) is 5.10 Å². The van der Waals surface area contributed by atoms with Gasteiger partial charge < -0.3 is 25.4 Å². The molecule has 3 N–H and O–H groups in total. The first kappa shape index (κ1) is 28.7. The van der Waals surface area contributed by atoms with Crippen molar-refractivity contribution in [2.24, 2.45) is 0 Å². The zero-order chi connectivity index (χ0) is 28.5. The van der Waals surface area contributed by atoms with Crippen molar-refractivity contribution >= 4 is 33.2 Å². The van der Waals surface area contributed by atoms with E-state index in [0.29, 0.717) is 41.6 Å². The normalized spacial score (nSPS) is 23.4. The van der Waals surface area contributed by atoms with E-state index in [0.717, 1.165) is 61.0 Å². The molecule has 2 saturated heterocycles. The summed E-state index contributed by atoms with van der Waals surface area (Å²) < 4.78 is 36.7. The van der Waals surface area contributed by atoms with Gasteiger partial charge in [0.05, 0.1) is 39.5 Å². The van der Waals surface area contributed by atoms with Crippen LogP contribution in [0.25, 0.3) is 11.3 Å².